The van der Waals surface area contributed by atoms with Crippen LogP contribution in [0.2, 0.25) is 0 Å². The number of carbonyl (C=O) groups is 2. The van der Waals surface area contributed by atoms with Gasteiger partial charge in [-0.05, 0) is 11.6 Å². The average Bonchev–Trinajstić information content (AvgIpc) is 2.44. The molecule has 0 spiro atoms. The number of hydrogen-bond donors (Lipinski definition) is 3. The lowest BCUT2D eigenvalue weighted by molar-refractivity contribution is -0.127. The summed E-state index contributed by atoms with van der Waals surface area (Å²) in [7, 11) is 0. The van der Waals surface area contributed by atoms with Gasteiger partial charge in [-0.3, -0.25) is 9.59 Å². The minimum Gasteiger partial charge on any atom is -0.349 e. The smallest absolute Gasteiger partial charge is 0.277 e. The van der Waals surface area contributed by atoms with Crippen LogP contribution in [0.3, 0.4) is 0 Å². The molecule has 0 aromatic heterocycles. The highest BCUT2D eigenvalue weighted by Crippen LogP contribution is 2.32. The van der Waals surface area contributed by atoms with E-state index < -0.39 is 30.8 Å². The van der Waals surface area contributed by atoms with Crippen molar-refractivity contribution < 1.29 is 18.4 Å². The predicted octanol–water partition coefficient (Wildman–Crippen LogP) is 1.24. The monoisotopic (exact) mass is 319 g/mol. The Morgan fingerprint density at radius 2 is 2.10 bits per heavy atom. The fourth-order valence-corrected chi connectivity index (χ4v) is 2.06. The first-order chi connectivity index (χ1) is 9.43. The Balaban J connectivity index is 0.00000220. The van der Waals surface area contributed by atoms with Gasteiger partial charge in [0.25, 0.3) is 5.92 Å². The Labute approximate surface area is 126 Å². The van der Waals surface area contributed by atoms with Gasteiger partial charge in [0.2, 0.25) is 11.8 Å². The number of amides is 2. The standard InChI is InChI=1S/C13H15F2N3O2.ClH/c14-13(15,6-16)7-17-12(20)9-5-11(19)18-10-4-2-1-3-8(9)10;/h1-4,9H,5-7,16H2,(H,17,20)(H,18,19);1H. The van der Waals surface area contributed by atoms with Crippen molar-refractivity contribution in [2.45, 2.75) is 18.3 Å². The fraction of sp³-hybridized carbons (Fsp3) is 0.385. The van der Waals surface area contributed by atoms with Gasteiger partial charge in [0, 0.05) is 12.1 Å². The molecule has 2 amide bonds. The molecule has 5 nitrogen and oxygen atoms in total. The SMILES string of the molecule is Cl.NCC(F)(F)CNC(=O)C1CC(=O)Nc2ccccc21. The van der Waals surface area contributed by atoms with Gasteiger partial charge in [-0.2, -0.15) is 0 Å². The minimum atomic E-state index is -3.15. The van der Waals surface area contributed by atoms with Crippen molar-refractivity contribution in [3.05, 3.63) is 29.8 Å². The summed E-state index contributed by atoms with van der Waals surface area (Å²) in [5.41, 5.74) is 6.07. The molecule has 21 heavy (non-hydrogen) atoms. The van der Waals surface area contributed by atoms with Gasteiger partial charge in [-0.25, -0.2) is 8.78 Å². The van der Waals surface area contributed by atoms with Gasteiger partial charge in [0.1, 0.15) is 0 Å². The highest BCUT2D eigenvalue weighted by Gasteiger charge is 2.33. The van der Waals surface area contributed by atoms with Gasteiger partial charge in [0.15, 0.2) is 0 Å². The van der Waals surface area contributed by atoms with Gasteiger partial charge >= 0.3 is 0 Å². The summed E-state index contributed by atoms with van der Waals surface area (Å²) in [5, 5.41) is 4.80. The summed E-state index contributed by atoms with van der Waals surface area (Å²) in [6.45, 7) is -1.67. The zero-order chi connectivity index (χ0) is 14.8. The van der Waals surface area contributed by atoms with Crippen molar-refractivity contribution in [3.63, 3.8) is 0 Å². The molecule has 1 heterocycles. The summed E-state index contributed by atoms with van der Waals surface area (Å²) >= 11 is 0. The molecule has 0 aliphatic carbocycles. The van der Waals surface area contributed by atoms with Crippen LogP contribution in [0.5, 0.6) is 0 Å². The van der Waals surface area contributed by atoms with E-state index in [-0.39, 0.29) is 24.7 Å². The van der Waals surface area contributed by atoms with Crippen LogP contribution < -0.4 is 16.4 Å². The number of nitrogens with one attached hydrogen (secondary N) is 2. The number of rotatable bonds is 4. The molecule has 0 fully saturated rings. The Kier molecular flexibility index (Phi) is 5.62. The minimum absolute atomic E-state index is 0. The normalized spacial score (nSPS) is 17.3. The van der Waals surface area contributed by atoms with Crippen LogP contribution >= 0.6 is 12.4 Å². The topological polar surface area (TPSA) is 84.2 Å². The van der Waals surface area contributed by atoms with E-state index in [2.05, 4.69) is 10.6 Å². The highest BCUT2D eigenvalue weighted by molar-refractivity contribution is 6.01. The maximum Gasteiger partial charge on any atom is 0.277 e. The molecule has 0 saturated heterocycles. The zero-order valence-electron chi connectivity index (χ0n) is 11.1. The Morgan fingerprint density at radius 1 is 1.43 bits per heavy atom. The van der Waals surface area contributed by atoms with Crippen molar-refractivity contribution in [2.24, 2.45) is 5.73 Å². The van der Waals surface area contributed by atoms with Gasteiger partial charge in [0.05, 0.1) is 19.0 Å². The van der Waals surface area contributed by atoms with Crippen molar-refractivity contribution in [1.82, 2.24) is 5.32 Å². The van der Waals surface area contributed by atoms with Crippen molar-refractivity contribution in [2.75, 3.05) is 18.4 Å². The van der Waals surface area contributed by atoms with E-state index in [1.807, 2.05) is 0 Å². The van der Waals surface area contributed by atoms with E-state index in [1.165, 1.54) is 0 Å². The lowest BCUT2D eigenvalue weighted by Gasteiger charge is -2.25. The molecule has 8 heteroatoms. The maximum atomic E-state index is 13.0. The lowest BCUT2D eigenvalue weighted by atomic mass is 9.90. The summed E-state index contributed by atoms with van der Waals surface area (Å²) < 4.78 is 26.1. The molecule has 1 aromatic rings. The van der Waals surface area contributed by atoms with Crippen molar-refractivity contribution in [1.29, 1.82) is 0 Å². The highest BCUT2D eigenvalue weighted by atomic mass is 35.5. The zero-order valence-corrected chi connectivity index (χ0v) is 11.9. The molecule has 1 aliphatic rings. The Morgan fingerprint density at radius 3 is 2.76 bits per heavy atom. The van der Waals surface area contributed by atoms with E-state index >= 15 is 0 Å². The molecule has 0 bridgehead atoms. The van der Waals surface area contributed by atoms with Gasteiger partial charge < -0.3 is 16.4 Å². The van der Waals surface area contributed by atoms with E-state index in [0.717, 1.165) is 0 Å². The number of para-hydroxylation sites is 1. The summed E-state index contributed by atoms with van der Waals surface area (Å²) in [6.07, 6.45) is -0.0585. The second-order valence-electron chi connectivity index (χ2n) is 4.67. The summed E-state index contributed by atoms with van der Waals surface area (Å²) in [4.78, 5) is 23.5. The molecule has 0 radical (unpaired) electrons. The molecule has 116 valence electrons. The van der Waals surface area contributed by atoms with Crippen LogP contribution in [-0.4, -0.2) is 30.8 Å². The van der Waals surface area contributed by atoms with Crippen LogP contribution in [0.15, 0.2) is 24.3 Å². The number of anilines is 1. The maximum absolute atomic E-state index is 13.0. The number of hydrogen-bond acceptors (Lipinski definition) is 3. The lowest BCUT2D eigenvalue weighted by Crippen LogP contribution is -2.44. The predicted molar refractivity (Wildman–Crippen MR) is 76.7 cm³/mol. The summed E-state index contributed by atoms with van der Waals surface area (Å²) in [5.74, 6) is -4.81. The quantitative estimate of drug-likeness (QED) is 0.781. The number of nitrogens with two attached hydrogens (primary N) is 1. The first kappa shape index (κ1) is 17.3. The van der Waals surface area contributed by atoms with Crippen LogP contribution in [0.4, 0.5) is 14.5 Å². The molecule has 1 unspecified atom stereocenters. The molecular formula is C13H16ClF2N3O2. The second kappa shape index (κ2) is 6.82. The van der Waals surface area contributed by atoms with Crippen LogP contribution in [0.1, 0.15) is 17.9 Å². The number of fused-ring (bicyclic) bond motifs is 1. The van der Waals surface area contributed by atoms with E-state index in [1.54, 1.807) is 24.3 Å². The number of alkyl halides is 2. The number of carbonyl (C=O) groups excluding carboxylic acids is 2. The molecule has 1 aromatic carbocycles. The van der Waals surface area contributed by atoms with Crippen LogP contribution in [0.25, 0.3) is 0 Å². The largest absolute Gasteiger partial charge is 0.349 e. The average molecular weight is 320 g/mol. The van der Waals surface area contributed by atoms with Gasteiger partial charge in [-0.1, -0.05) is 18.2 Å². The van der Waals surface area contributed by atoms with Gasteiger partial charge in [-0.15, -0.1) is 12.4 Å². The first-order valence-electron chi connectivity index (χ1n) is 6.17. The Hall–Kier alpha value is -1.73. The van der Waals surface area contributed by atoms with Crippen molar-refractivity contribution >= 4 is 29.9 Å². The third kappa shape index (κ3) is 4.12. The fourth-order valence-electron chi connectivity index (χ4n) is 2.06. The first-order valence-corrected chi connectivity index (χ1v) is 6.17. The van der Waals surface area contributed by atoms with Crippen molar-refractivity contribution in [3.8, 4) is 0 Å². The van der Waals surface area contributed by atoms with E-state index in [0.29, 0.717) is 11.3 Å². The third-order valence-corrected chi connectivity index (χ3v) is 3.14. The van der Waals surface area contributed by atoms with Crippen LogP contribution in [-0.2, 0) is 9.59 Å². The molecule has 0 saturated carbocycles. The van der Waals surface area contributed by atoms with E-state index in [9.17, 15) is 18.4 Å². The Bertz CT molecular complexity index is 540. The molecule has 4 N–H and O–H groups in total. The molecule has 1 atom stereocenters. The number of benzene rings is 1. The van der Waals surface area contributed by atoms with Crippen LogP contribution in [0, 0.1) is 0 Å². The second-order valence-corrected chi connectivity index (χ2v) is 4.67. The number of halogens is 3. The molecular weight excluding hydrogens is 304 g/mol. The molecule has 1 aliphatic heterocycles. The molecule has 2 rings (SSSR count). The van der Waals surface area contributed by atoms with E-state index in [4.69, 9.17) is 5.73 Å². The third-order valence-electron chi connectivity index (χ3n) is 3.14. The summed E-state index contributed by atoms with van der Waals surface area (Å²) in [6, 6.07) is 6.81.